The summed E-state index contributed by atoms with van der Waals surface area (Å²) < 4.78 is 25.4. The van der Waals surface area contributed by atoms with Crippen molar-refractivity contribution in [1.82, 2.24) is 0 Å². The van der Waals surface area contributed by atoms with Crippen molar-refractivity contribution in [1.29, 1.82) is 0 Å². The summed E-state index contributed by atoms with van der Waals surface area (Å²) >= 11 is 9.17. The summed E-state index contributed by atoms with van der Waals surface area (Å²) in [6.07, 6.45) is 0. The summed E-state index contributed by atoms with van der Waals surface area (Å²) in [6, 6.07) is 14.6. The molecule has 0 aromatic heterocycles. The molecule has 0 aliphatic carbocycles. The molecule has 0 saturated heterocycles. The van der Waals surface area contributed by atoms with Crippen LogP contribution in [0.25, 0.3) is 0 Å². The second-order valence-corrected chi connectivity index (χ2v) is 8.60. The minimum atomic E-state index is -3.23. The maximum absolute atomic E-state index is 12.3. The molecule has 2 N–H and O–H groups in total. The highest BCUT2D eigenvalue weighted by molar-refractivity contribution is 9.10. The standard InChI is InChI=1S/C16H17BrClNO2S/c1-12(13-2-6-15(18)7-3-13)19-10-11-22(20,21)16-8-4-14(17)5-9-16/h2-9,12,19H,10-11H2,1H3/p+1/t12-/m0/s1. The first kappa shape index (κ1) is 17.5. The van der Waals surface area contributed by atoms with Gasteiger partial charge in [0.1, 0.15) is 11.8 Å². The lowest BCUT2D eigenvalue weighted by molar-refractivity contribution is -0.689. The molecule has 0 fully saturated rings. The minimum Gasteiger partial charge on any atom is -0.339 e. The minimum absolute atomic E-state index is 0.118. The summed E-state index contributed by atoms with van der Waals surface area (Å²) in [5, 5.41) is 2.73. The first-order valence-corrected chi connectivity index (χ1v) is 9.78. The van der Waals surface area contributed by atoms with Crippen molar-refractivity contribution < 1.29 is 13.7 Å². The zero-order chi connectivity index (χ0) is 16.2. The van der Waals surface area contributed by atoms with Crippen LogP contribution >= 0.6 is 27.5 Å². The van der Waals surface area contributed by atoms with Gasteiger partial charge in [0, 0.05) is 15.1 Å². The van der Waals surface area contributed by atoms with Gasteiger partial charge < -0.3 is 5.32 Å². The predicted octanol–water partition coefficient (Wildman–Crippen LogP) is 3.20. The molecule has 1 atom stereocenters. The van der Waals surface area contributed by atoms with Gasteiger partial charge in [-0.05, 0) is 43.3 Å². The van der Waals surface area contributed by atoms with Crippen LogP contribution in [0.1, 0.15) is 18.5 Å². The van der Waals surface area contributed by atoms with E-state index in [2.05, 4.69) is 22.9 Å². The molecule has 22 heavy (non-hydrogen) atoms. The number of sulfone groups is 1. The Labute approximate surface area is 144 Å². The molecule has 0 saturated carbocycles. The Balaban J connectivity index is 1.92. The molecule has 0 amide bonds. The first-order chi connectivity index (χ1) is 10.4. The lowest BCUT2D eigenvalue weighted by Crippen LogP contribution is -2.85. The second-order valence-electron chi connectivity index (χ2n) is 5.14. The van der Waals surface area contributed by atoms with Crippen molar-refractivity contribution in [2.75, 3.05) is 12.3 Å². The van der Waals surface area contributed by atoms with Crippen molar-refractivity contribution in [3.8, 4) is 0 Å². The molecule has 2 aromatic rings. The lowest BCUT2D eigenvalue weighted by Gasteiger charge is -2.11. The summed E-state index contributed by atoms with van der Waals surface area (Å²) in [5.41, 5.74) is 1.13. The van der Waals surface area contributed by atoms with Crippen molar-refractivity contribution in [2.24, 2.45) is 0 Å². The number of hydrogen-bond acceptors (Lipinski definition) is 2. The number of halogens is 2. The molecular weight excluding hydrogens is 386 g/mol. The smallest absolute Gasteiger partial charge is 0.183 e. The van der Waals surface area contributed by atoms with E-state index in [0.29, 0.717) is 16.5 Å². The van der Waals surface area contributed by atoms with Gasteiger partial charge in [0.25, 0.3) is 0 Å². The molecule has 118 valence electrons. The Kier molecular flexibility index (Phi) is 6.03. The number of quaternary nitrogens is 1. The molecule has 0 unspecified atom stereocenters. The van der Waals surface area contributed by atoms with E-state index < -0.39 is 9.84 Å². The molecule has 3 nitrogen and oxygen atoms in total. The van der Waals surface area contributed by atoms with Crippen LogP contribution in [-0.4, -0.2) is 20.7 Å². The number of hydrogen-bond donors (Lipinski definition) is 1. The Morgan fingerprint density at radius 2 is 1.68 bits per heavy atom. The van der Waals surface area contributed by atoms with Gasteiger partial charge in [-0.2, -0.15) is 0 Å². The third-order valence-corrected chi connectivity index (χ3v) is 6.02. The number of rotatable bonds is 6. The molecular formula is C16H18BrClNO2S+. The quantitative estimate of drug-likeness (QED) is 0.805. The zero-order valence-electron chi connectivity index (χ0n) is 12.2. The van der Waals surface area contributed by atoms with Crippen molar-refractivity contribution >= 4 is 37.4 Å². The van der Waals surface area contributed by atoms with Gasteiger partial charge in [-0.3, -0.25) is 0 Å². The van der Waals surface area contributed by atoms with E-state index in [1.165, 1.54) is 0 Å². The number of benzene rings is 2. The van der Waals surface area contributed by atoms with E-state index in [-0.39, 0.29) is 11.8 Å². The molecule has 0 heterocycles. The van der Waals surface area contributed by atoms with Gasteiger partial charge in [0.15, 0.2) is 9.84 Å². The van der Waals surface area contributed by atoms with Crippen LogP contribution < -0.4 is 5.32 Å². The average Bonchev–Trinajstić information content (AvgIpc) is 2.48. The molecule has 0 aliphatic heterocycles. The fraction of sp³-hybridized carbons (Fsp3) is 0.250. The van der Waals surface area contributed by atoms with Crippen LogP contribution in [-0.2, 0) is 9.84 Å². The third kappa shape index (κ3) is 4.81. The van der Waals surface area contributed by atoms with Crippen LogP contribution in [0.5, 0.6) is 0 Å². The SMILES string of the molecule is C[C@H]([NH2+]CCS(=O)(=O)c1ccc(Br)cc1)c1ccc(Cl)cc1. The van der Waals surface area contributed by atoms with Gasteiger partial charge in [-0.1, -0.05) is 39.7 Å². The van der Waals surface area contributed by atoms with Crippen LogP contribution in [0.2, 0.25) is 5.02 Å². The van der Waals surface area contributed by atoms with E-state index in [0.717, 1.165) is 10.0 Å². The van der Waals surface area contributed by atoms with Gasteiger partial charge >= 0.3 is 0 Å². The van der Waals surface area contributed by atoms with Crippen molar-refractivity contribution in [3.05, 3.63) is 63.6 Å². The van der Waals surface area contributed by atoms with E-state index in [9.17, 15) is 8.42 Å². The molecule has 2 aromatic carbocycles. The van der Waals surface area contributed by atoms with E-state index in [1.54, 1.807) is 24.3 Å². The van der Waals surface area contributed by atoms with E-state index in [4.69, 9.17) is 11.6 Å². The lowest BCUT2D eigenvalue weighted by atomic mass is 10.1. The summed E-state index contributed by atoms with van der Waals surface area (Å²) in [5.74, 6) is 0.118. The van der Waals surface area contributed by atoms with Gasteiger partial charge in [-0.25, -0.2) is 8.42 Å². The maximum atomic E-state index is 12.3. The van der Waals surface area contributed by atoms with Crippen LogP contribution in [0.3, 0.4) is 0 Å². The molecule has 6 heteroatoms. The van der Waals surface area contributed by atoms with Gasteiger partial charge in [0.05, 0.1) is 11.4 Å². The summed E-state index contributed by atoms with van der Waals surface area (Å²) in [6.45, 7) is 2.57. The zero-order valence-corrected chi connectivity index (χ0v) is 15.3. The van der Waals surface area contributed by atoms with Crippen LogP contribution in [0.4, 0.5) is 0 Å². The fourth-order valence-electron chi connectivity index (χ4n) is 2.14. The van der Waals surface area contributed by atoms with Crippen LogP contribution in [0.15, 0.2) is 57.9 Å². The van der Waals surface area contributed by atoms with Crippen molar-refractivity contribution in [3.63, 3.8) is 0 Å². The van der Waals surface area contributed by atoms with Crippen molar-refractivity contribution in [2.45, 2.75) is 17.9 Å². The van der Waals surface area contributed by atoms with Gasteiger partial charge in [0.2, 0.25) is 0 Å². The fourth-order valence-corrected chi connectivity index (χ4v) is 3.76. The largest absolute Gasteiger partial charge is 0.339 e. The highest BCUT2D eigenvalue weighted by atomic mass is 79.9. The third-order valence-electron chi connectivity index (χ3n) is 3.48. The highest BCUT2D eigenvalue weighted by Crippen LogP contribution is 2.16. The monoisotopic (exact) mass is 402 g/mol. The molecule has 0 radical (unpaired) electrons. The van der Waals surface area contributed by atoms with E-state index >= 15 is 0 Å². The first-order valence-electron chi connectivity index (χ1n) is 6.95. The highest BCUT2D eigenvalue weighted by Gasteiger charge is 2.16. The average molecular weight is 404 g/mol. The van der Waals surface area contributed by atoms with E-state index in [1.807, 2.05) is 29.6 Å². The maximum Gasteiger partial charge on any atom is 0.183 e. The normalized spacial score (nSPS) is 13.0. The summed E-state index contributed by atoms with van der Waals surface area (Å²) in [4.78, 5) is 0.364. The Bertz CT molecular complexity index is 715. The molecule has 0 spiro atoms. The molecule has 0 bridgehead atoms. The summed E-state index contributed by atoms with van der Waals surface area (Å²) in [7, 11) is -3.23. The van der Waals surface area contributed by atoms with Gasteiger partial charge in [-0.15, -0.1) is 0 Å². The topological polar surface area (TPSA) is 50.8 Å². The van der Waals surface area contributed by atoms with Crippen LogP contribution in [0, 0.1) is 0 Å². The Morgan fingerprint density at radius 3 is 2.27 bits per heavy atom. The Hall–Kier alpha value is -0.880. The Morgan fingerprint density at radius 1 is 1.09 bits per heavy atom. The molecule has 0 aliphatic rings. The second kappa shape index (κ2) is 7.59. The molecule has 2 rings (SSSR count). The number of nitrogens with two attached hydrogens (primary N) is 1. The predicted molar refractivity (Wildman–Crippen MR) is 92.9 cm³/mol.